The van der Waals surface area contributed by atoms with E-state index in [9.17, 15) is 4.79 Å². The molecule has 1 amide bonds. The smallest absolute Gasteiger partial charge is 0.223 e. The maximum Gasteiger partial charge on any atom is 0.223 e. The third-order valence-corrected chi connectivity index (χ3v) is 5.88. The van der Waals surface area contributed by atoms with Gasteiger partial charge in [0.1, 0.15) is 0 Å². The van der Waals surface area contributed by atoms with Gasteiger partial charge in [-0.15, -0.1) is 0 Å². The summed E-state index contributed by atoms with van der Waals surface area (Å²) in [5.41, 5.74) is 0.372. The van der Waals surface area contributed by atoms with E-state index in [4.69, 9.17) is 0 Å². The summed E-state index contributed by atoms with van der Waals surface area (Å²) in [5.74, 6) is 3.11. The van der Waals surface area contributed by atoms with Crippen LogP contribution in [0, 0.1) is 11.3 Å². The SMILES string of the molecule is O=C(NCCN1CCSCC1)C1CC12CCNCC2. The van der Waals surface area contributed by atoms with Gasteiger partial charge < -0.3 is 10.6 Å². The Labute approximate surface area is 120 Å². The largest absolute Gasteiger partial charge is 0.355 e. The minimum atomic E-state index is 0.312. The second-order valence-electron chi connectivity index (χ2n) is 6.11. The highest BCUT2D eigenvalue weighted by Gasteiger charge is 2.57. The van der Waals surface area contributed by atoms with Gasteiger partial charge in [-0.3, -0.25) is 9.69 Å². The Morgan fingerprint density at radius 1 is 1.32 bits per heavy atom. The maximum atomic E-state index is 12.2. The molecule has 2 saturated heterocycles. The summed E-state index contributed by atoms with van der Waals surface area (Å²) < 4.78 is 0. The molecule has 19 heavy (non-hydrogen) atoms. The number of hydrogen-bond acceptors (Lipinski definition) is 4. The van der Waals surface area contributed by atoms with Crippen LogP contribution in [-0.4, -0.2) is 61.6 Å². The molecule has 0 radical (unpaired) electrons. The molecule has 0 aromatic heterocycles. The van der Waals surface area contributed by atoms with E-state index in [2.05, 4.69) is 15.5 Å². The third kappa shape index (κ3) is 3.26. The number of nitrogens with one attached hydrogen (secondary N) is 2. The lowest BCUT2D eigenvalue weighted by atomic mass is 9.92. The predicted octanol–water partition coefficient (Wildman–Crippen LogP) is 0.541. The minimum Gasteiger partial charge on any atom is -0.355 e. The topological polar surface area (TPSA) is 44.4 Å². The zero-order valence-electron chi connectivity index (χ0n) is 11.6. The summed E-state index contributed by atoms with van der Waals surface area (Å²) in [7, 11) is 0. The molecule has 3 fully saturated rings. The molecule has 0 aromatic carbocycles. The van der Waals surface area contributed by atoms with Crippen molar-refractivity contribution in [1.29, 1.82) is 0 Å². The van der Waals surface area contributed by atoms with E-state index in [1.807, 2.05) is 11.8 Å². The zero-order chi connectivity index (χ0) is 13.1. The lowest BCUT2D eigenvalue weighted by Crippen LogP contribution is -2.40. The van der Waals surface area contributed by atoms with Crippen molar-refractivity contribution in [3.63, 3.8) is 0 Å². The number of rotatable bonds is 4. The van der Waals surface area contributed by atoms with E-state index in [1.165, 1.54) is 37.4 Å². The molecule has 5 heteroatoms. The number of thioether (sulfide) groups is 1. The van der Waals surface area contributed by atoms with Crippen LogP contribution in [0.1, 0.15) is 19.3 Å². The van der Waals surface area contributed by atoms with Crippen LogP contribution in [0.5, 0.6) is 0 Å². The molecule has 1 aliphatic carbocycles. The number of nitrogens with zero attached hydrogens (tertiary/aromatic N) is 1. The molecule has 2 N–H and O–H groups in total. The van der Waals surface area contributed by atoms with Gasteiger partial charge in [-0.05, 0) is 37.8 Å². The summed E-state index contributed by atoms with van der Waals surface area (Å²) >= 11 is 2.03. The van der Waals surface area contributed by atoms with E-state index >= 15 is 0 Å². The quantitative estimate of drug-likeness (QED) is 0.790. The highest BCUT2D eigenvalue weighted by atomic mass is 32.2. The zero-order valence-corrected chi connectivity index (χ0v) is 12.4. The lowest BCUT2D eigenvalue weighted by molar-refractivity contribution is -0.123. The second-order valence-corrected chi connectivity index (χ2v) is 7.34. The molecule has 2 heterocycles. The normalized spacial score (nSPS) is 30.2. The second kappa shape index (κ2) is 6.02. The van der Waals surface area contributed by atoms with Crippen LogP contribution in [0.15, 0.2) is 0 Å². The Kier molecular flexibility index (Phi) is 4.34. The minimum absolute atomic E-state index is 0.312. The van der Waals surface area contributed by atoms with Crippen LogP contribution in [0.3, 0.4) is 0 Å². The van der Waals surface area contributed by atoms with Crippen molar-refractivity contribution >= 4 is 17.7 Å². The molecule has 1 spiro atoms. The van der Waals surface area contributed by atoms with Crippen LogP contribution in [0.2, 0.25) is 0 Å². The number of piperidine rings is 1. The fourth-order valence-corrected chi connectivity index (χ4v) is 4.46. The summed E-state index contributed by atoms with van der Waals surface area (Å²) in [6, 6.07) is 0. The van der Waals surface area contributed by atoms with Gasteiger partial charge in [0, 0.05) is 43.6 Å². The van der Waals surface area contributed by atoms with Crippen LogP contribution < -0.4 is 10.6 Å². The van der Waals surface area contributed by atoms with Crippen LogP contribution in [0.25, 0.3) is 0 Å². The Bertz CT molecular complexity index is 325. The van der Waals surface area contributed by atoms with Crippen molar-refractivity contribution in [2.75, 3.05) is 50.8 Å². The van der Waals surface area contributed by atoms with Gasteiger partial charge in [0.2, 0.25) is 5.91 Å². The first-order valence-corrected chi connectivity index (χ1v) is 8.74. The lowest BCUT2D eigenvalue weighted by Gasteiger charge is -2.26. The van der Waals surface area contributed by atoms with Crippen LogP contribution >= 0.6 is 11.8 Å². The molecule has 1 unspecified atom stereocenters. The fourth-order valence-electron chi connectivity index (χ4n) is 3.48. The maximum absolute atomic E-state index is 12.2. The fraction of sp³-hybridized carbons (Fsp3) is 0.929. The Morgan fingerprint density at radius 3 is 2.79 bits per heavy atom. The van der Waals surface area contributed by atoms with Crippen molar-refractivity contribution in [2.45, 2.75) is 19.3 Å². The Hall–Kier alpha value is -0.260. The van der Waals surface area contributed by atoms with E-state index in [-0.39, 0.29) is 0 Å². The van der Waals surface area contributed by atoms with Crippen molar-refractivity contribution in [1.82, 2.24) is 15.5 Å². The predicted molar refractivity (Wildman–Crippen MR) is 79.4 cm³/mol. The highest BCUT2D eigenvalue weighted by Crippen LogP contribution is 2.58. The Balaban J connectivity index is 1.35. The number of amides is 1. The van der Waals surface area contributed by atoms with Crippen LogP contribution in [0.4, 0.5) is 0 Å². The average molecular weight is 283 g/mol. The molecule has 0 aromatic rings. The molecule has 2 aliphatic heterocycles. The monoisotopic (exact) mass is 283 g/mol. The van der Waals surface area contributed by atoms with Gasteiger partial charge in [0.15, 0.2) is 0 Å². The van der Waals surface area contributed by atoms with E-state index in [0.717, 1.165) is 32.6 Å². The summed E-state index contributed by atoms with van der Waals surface area (Å²) in [4.78, 5) is 14.6. The third-order valence-electron chi connectivity index (χ3n) is 4.94. The van der Waals surface area contributed by atoms with Crippen LogP contribution in [-0.2, 0) is 4.79 Å². The first-order valence-electron chi connectivity index (χ1n) is 7.59. The molecule has 3 rings (SSSR count). The van der Waals surface area contributed by atoms with Crippen molar-refractivity contribution in [3.8, 4) is 0 Å². The molecule has 4 nitrogen and oxygen atoms in total. The number of carbonyl (C=O) groups is 1. The molecule has 1 saturated carbocycles. The summed E-state index contributed by atoms with van der Waals surface area (Å²) in [5, 5.41) is 6.54. The molecule has 108 valence electrons. The van der Waals surface area contributed by atoms with Gasteiger partial charge in [-0.25, -0.2) is 0 Å². The van der Waals surface area contributed by atoms with Crippen molar-refractivity contribution < 1.29 is 4.79 Å². The first kappa shape index (κ1) is 13.7. The molecule has 0 bridgehead atoms. The van der Waals surface area contributed by atoms with Gasteiger partial charge in [0.05, 0.1) is 0 Å². The van der Waals surface area contributed by atoms with E-state index in [0.29, 0.717) is 17.2 Å². The van der Waals surface area contributed by atoms with Gasteiger partial charge >= 0.3 is 0 Å². The van der Waals surface area contributed by atoms with E-state index < -0.39 is 0 Å². The van der Waals surface area contributed by atoms with Crippen molar-refractivity contribution in [3.05, 3.63) is 0 Å². The van der Waals surface area contributed by atoms with Crippen molar-refractivity contribution in [2.24, 2.45) is 11.3 Å². The first-order chi connectivity index (χ1) is 9.30. The standard InChI is InChI=1S/C14H25N3OS/c18-13(12-11-14(12)1-3-15-4-2-14)16-5-6-17-7-9-19-10-8-17/h12,15H,1-11H2,(H,16,18). The number of hydrogen-bond donors (Lipinski definition) is 2. The highest BCUT2D eigenvalue weighted by molar-refractivity contribution is 7.99. The van der Waals surface area contributed by atoms with Gasteiger partial charge in [-0.1, -0.05) is 0 Å². The Morgan fingerprint density at radius 2 is 2.05 bits per heavy atom. The molecule has 1 atom stereocenters. The average Bonchev–Trinajstić information content (AvgIpc) is 3.14. The van der Waals surface area contributed by atoms with Gasteiger partial charge in [-0.2, -0.15) is 11.8 Å². The van der Waals surface area contributed by atoms with Gasteiger partial charge in [0.25, 0.3) is 0 Å². The summed E-state index contributed by atoms with van der Waals surface area (Å²) in [6.07, 6.45) is 3.50. The van der Waals surface area contributed by atoms with E-state index in [1.54, 1.807) is 0 Å². The summed E-state index contributed by atoms with van der Waals surface area (Å²) in [6.45, 7) is 6.39. The molecule has 3 aliphatic rings. The number of carbonyl (C=O) groups excluding carboxylic acids is 1. The molecular weight excluding hydrogens is 258 g/mol. The molecular formula is C14H25N3OS.